The van der Waals surface area contributed by atoms with Gasteiger partial charge in [-0.05, 0) is 47.7 Å². The van der Waals surface area contributed by atoms with Gasteiger partial charge in [-0.15, -0.1) is 11.3 Å². The summed E-state index contributed by atoms with van der Waals surface area (Å²) >= 11 is 1.71. The molecule has 1 aliphatic carbocycles. The fraction of sp³-hybridized carbons (Fsp3) is 0.269. The number of methoxy groups -OCH3 is 3. The highest BCUT2D eigenvalue weighted by molar-refractivity contribution is 7.10. The van der Waals surface area contributed by atoms with Gasteiger partial charge in [-0.2, -0.15) is 0 Å². The number of hydrogen-bond acceptors (Lipinski definition) is 7. The number of thiophene rings is 1. The minimum atomic E-state index is -0.360. The lowest BCUT2D eigenvalue weighted by molar-refractivity contribution is -0.116. The van der Waals surface area contributed by atoms with Crippen LogP contribution in [0.5, 0.6) is 17.2 Å². The second kappa shape index (κ2) is 8.83. The third-order valence-corrected chi connectivity index (χ3v) is 7.31. The highest BCUT2D eigenvalue weighted by Crippen LogP contribution is 2.47. The number of fused-ring (bicyclic) bond motifs is 1. The van der Waals surface area contributed by atoms with E-state index in [1.54, 1.807) is 32.7 Å². The maximum Gasteiger partial charge on any atom is 0.203 e. The summed E-state index contributed by atoms with van der Waals surface area (Å²) in [7, 11) is 4.78. The van der Waals surface area contributed by atoms with E-state index in [9.17, 15) is 4.79 Å². The van der Waals surface area contributed by atoms with Crippen molar-refractivity contribution in [3.05, 3.63) is 75.6 Å². The Hall–Kier alpha value is -3.45. The molecule has 0 saturated carbocycles. The van der Waals surface area contributed by atoms with Crippen molar-refractivity contribution < 1.29 is 19.0 Å². The molecule has 0 amide bonds. The standard InChI is InChI=1S/C26H26N2O4S/c1-30-21-13-16(14-22(31-2)26(21)32-3)25-24-19(27-17-7-4-5-8-18(17)28-25)11-15(12-20(24)29)23-9-6-10-33-23/h4-10,13-15,25,27-28H,11-12H2,1-3H3/t15-,25+/m0/s1. The summed E-state index contributed by atoms with van der Waals surface area (Å²) in [6, 6.07) is 15.7. The summed E-state index contributed by atoms with van der Waals surface area (Å²) in [6.45, 7) is 0. The Labute approximate surface area is 197 Å². The summed E-state index contributed by atoms with van der Waals surface area (Å²) in [4.78, 5) is 14.9. The second-order valence-electron chi connectivity index (χ2n) is 8.14. The Morgan fingerprint density at radius 1 is 0.909 bits per heavy atom. The summed E-state index contributed by atoms with van der Waals surface area (Å²) in [5.41, 5.74) is 4.48. The molecular weight excluding hydrogens is 436 g/mol. The number of ether oxygens (including phenoxy) is 3. The summed E-state index contributed by atoms with van der Waals surface area (Å²) < 4.78 is 16.7. The zero-order valence-electron chi connectivity index (χ0n) is 18.8. The van der Waals surface area contributed by atoms with Crippen LogP contribution in [0.4, 0.5) is 11.4 Å². The predicted octanol–water partition coefficient (Wildman–Crippen LogP) is 5.75. The molecule has 6 nitrogen and oxygen atoms in total. The van der Waals surface area contributed by atoms with E-state index in [-0.39, 0.29) is 17.7 Å². The predicted molar refractivity (Wildman–Crippen MR) is 131 cm³/mol. The number of ketones is 1. The van der Waals surface area contributed by atoms with Gasteiger partial charge in [0.05, 0.1) is 38.7 Å². The Kier molecular flexibility index (Phi) is 5.72. The maximum atomic E-state index is 13.6. The normalized spacial score (nSPS) is 19.5. The first kappa shape index (κ1) is 21.4. The molecule has 2 aliphatic rings. The molecule has 5 rings (SSSR count). The molecule has 0 spiro atoms. The number of carbonyl (C=O) groups is 1. The number of rotatable bonds is 5. The van der Waals surface area contributed by atoms with E-state index in [0.29, 0.717) is 23.7 Å². The number of nitrogens with one attached hydrogen (secondary N) is 2. The molecule has 3 aromatic rings. The van der Waals surface area contributed by atoms with Crippen molar-refractivity contribution in [1.29, 1.82) is 0 Å². The average molecular weight is 463 g/mol. The van der Waals surface area contributed by atoms with Gasteiger partial charge in [0, 0.05) is 28.5 Å². The molecule has 0 saturated heterocycles. The van der Waals surface area contributed by atoms with Crippen LogP contribution in [-0.4, -0.2) is 27.1 Å². The van der Waals surface area contributed by atoms with Gasteiger partial charge in [0.25, 0.3) is 0 Å². The van der Waals surface area contributed by atoms with E-state index in [1.165, 1.54) is 4.88 Å². The molecule has 0 fully saturated rings. The largest absolute Gasteiger partial charge is 0.493 e. The summed E-state index contributed by atoms with van der Waals surface area (Å²) in [6.07, 6.45) is 1.26. The Balaban J connectivity index is 1.66. The van der Waals surface area contributed by atoms with E-state index < -0.39 is 0 Å². The minimum Gasteiger partial charge on any atom is -0.493 e. The molecule has 2 N–H and O–H groups in total. The lowest BCUT2D eigenvalue weighted by Gasteiger charge is -2.29. The molecule has 0 radical (unpaired) electrons. The lowest BCUT2D eigenvalue weighted by atomic mass is 9.80. The number of Topliss-reactive ketones (excluding diaryl/α,β-unsaturated/α-hetero) is 1. The Morgan fingerprint density at radius 3 is 2.27 bits per heavy atom. The molecule has 33 heavy (non-hydrogen) atoms. The number of carbonyl (C=O) groups excluding carboxylic acids is 1. The van der Waals surface area contributed by atoms with Gasteiger partial charge >= 0.3 is 0 Å². The van der Waals surface area contributed by atoms with Crippen molar-refractivity contribution in [3.63, 3.8) is 0 Å². The molecule has 2 heterocycles. The second-order valence-corrected chi connectivity index (χ2v) is 9.12. The summed E-state index contributed by atoms with van der Waals surface area (Å²) in [5, 5.41) is 9.25. The maximum absolute atomic E-state index is 13.6. The van der Waals surface area contributed by atoms with Crippen molar-refractivity contribution in [2.24, 2.45) is 0 Å². The van der Waals surface area contributed by atoms with Crippen LogP contribution in [0.25, 0.3) is 0 Å². The van der Waals surface area contributed by atoms with Gasteiger partial charge in [-0.1, -0.05) is 18.2 Å². The van der Waals surface area contributed by atoms with Gasteiger partial charge in [-0.3, -0.25) is 4.79 Å². The fourth-order valence-electron chi connectivity index (χ4n) is 4.74. The van der Waals surface area contributed by atoms with E-state index >= 15 is 0 Å². The van der Waals surface area contributed by atoms with Gasteiger partial charge in [0.2, 0.25) is 5.75 Å². The van der Waals surface area contributed by atoms with Crippen LogP contribution in [-0.2, 0) is 4.79 Å². The van der Waals surface area contributed by atoms with Gasteiger partial charge < -0.3 is 24.8 Å². The van der Waals surface area contributed by atoms with Gasteiger partial charge in [0.1, 0.15) is 0 Å². The fourth-order valence-corrected chi connectivity index (χ4v) is 5.57. The van der Waals surface area contributed by atoms with Crippen molar-refractivity contribution in [2.75, 3.05) is 32.0 Å². The Morgan fingerprint density at radius 2 is 1.64 bits per heavy atom. The van der Waals surface area contributed by atoms with Gasteiger partial charge in [-0.25, -0.2) is 0 Å². The quantitative estimate of drug-likeness (QED) is 0.503. The van der Waals surface area contributed by atoms with Crippen molar-refractivity contribution in [3.8, 4) is 17.2 Å². The summed E-state index contributed by atoms with van der Waals surface area (Å²) in [5.74, 6) is 1.95. The first-order valence-corrected chi connectivity index (χ1v) is 11.7. The molecule has 2 aromatic carbocycles. The topological polar surface area (TPSA) is 68.8 Å². The van der Waals surface area contributed by atoms with Crippen molar-refractivity contribution >= 4 is 28.5 Å². The van der Waals surface area contributed by atoms with E-state index in [1.807, 2.05) is 42.5 Å². The Bertz CT molecular complexity index is 1190. The van der Waals surface area contributed by atoms with E-state index in [4.69, 9.17) is 14.2 Å². The van der Waals surface area contributed by atoms with Crippen LogP contribution in [0.3, 0.4) is 0 Å². The van der Waals surface area contributed by atoms with Crippen LogP contribution < -0.4 is 24.8 Å². The van der Waals surface area contributed by atoms with Crippen LogP contribution >= 0.6 is 11.3 Å². The number of para-hydroxylation sites is 2. The van der Waals surface area contributed by atoms with Gasteiger partial charge in [0.15, 0.2) is 17.3 Å². The molecule has 0 bridgehead atoms. The first-order valence-electron chi connectivity index (χ1n) is 10.8. The number of allylic oxidation sites excluding steroid dienone is 1. The van der Waals surface area contributed by atoms with Crippen LogP contribution in [0.15, 0.2) is 65.2 Å². The zero-order chi connectivity index (χ0) is 22.9. The lowest BCUT2D eigenvalue weighted by Crippen LogP contribution is -2.26. The van der Waals surface area contributed by atoms with Crippen LogP contribution in [0.2, 0.25) is 0 Å². The molecular formula is C26H26N2O4S. The first-order chi connectivity index (χ1) is 16.1. The number of anilines is 2. The molecule has 2 atom stereocenters. The molecule has 1 aliphatic heterocycles. The molecule has 7 heteroatoms. The van der Waals surface area contributed by atoms with Crippen LogP contribution in [0, 0.1) is 0 Å². The molecule has 170 valence electrons. The SMILES string of the molecule is COc1cc([C@H]2Nc3ccccc3NC3=C2C(=O)C[C@@H](c2cccs2)C3)cc(OC)c1OC. The highest BCUT2D eigenvalue weighted by Gasteiger charge is 2.37. The third-order valence-electron chi connectivity index (χ3n) is 6.27. The van der Waals surface area contributed by atoms with E-state index in [0.717, 1.165) is 34.6 Å². The monoisotopic (exact) mass is 462 g/mol. The number of benzene rings is 2. The number of hydrogen-bond donors (Lipinski definition) is 2. The minimum absolute atomic E-state index is 0.140. The van der Waals surface area contributed by atoms with E-state index in [2.05, 4.69) is 22.1 Å². The molecule has 1 aromatic heterocycles. The molecule has 0 unspecified atom stereocenters. The third kappa shape index (κ3) is 3.82. The average Bonchev–Trinajstić information content (AvgIpc) is 3.32. The van der Waals surface area contributed by atoms with Crippen molar-refractivity contribution in [1.82, 2.24) is 0 Å². The van der Waals surface area contributed by atoms with Crippen LogP contribution in [0.1, 0.15) is 35.2 Å². The smallest absolute Gasteiger partial charge is 0.203 e. The zero-order valence-corrected chi connectivity index (χ0v) is 19.6. The highest BCUT2D eigenvalue weighted by atomic mass is 32.1. The van der Waals surface area contributed by atoms with Crippen molar-refractivity contribution in [2.45, 2.75) is 24.8 Å².